The number of nitrogens with zero attached hydrogens (tertiary/aromatic N) is 2. The van der Waals surface area contributed by atoms with E-state index in [2.05, 4.69) is 10.6 Å². The molecule has 6 rings (SSSR count). The molecule has 2 N–H and O–H groups in total. The number of pyridine rings is 1. The summed E-state index contributed by atoms with van der Waals surface area (Å²) in [5.41, 5.74) is 2.31. The maximum absolute atomic E-state index is 13.1. The van der Waals surface area contributed by atoms with Gasteiger partial charge in [-0.2, -0.15) is 0 Å². The molecule has 2 atom stereocenters. The summed E-state index contributed by atoms with van der Waals surface area (Å²) in [6.07, 6.45) is 0.836. The quantitative estimate of drug-likeness (QED) is 0.565. The lowest BCUT2D eigenvalue weighted by atomic mass is 9.82. The van der Waals surface area contributed by atoms with Gasteiger partial charge in [-0.1, -0.05) is 0 Å². The molecule has 1 fully saturated rings. The number of anilines is 2. The lowest BCUT2D eigenvalue weighted by Crippen LogP contribution is -2.50. The van der Waals surface area contributed by atoms with E-state index >= 15 is 0 Å². The second kappa shape index (κ2) is 9.20. The van der Waals surface area contributed by atoms with Crippen molar-refractivity contribution in [3.05, 3.63) is 76.2 Å². The first-order chi connectivity index (χ1) is 18.0. The number of likely N-dealkylation sites (tertiary alicyclic amines) is 1. The highest BCUT2D eigenvalue weighted by atomic mass is 16.7. The first-order valence-corrected chi connectivity index (χ1v) is 12.1. The number of ether oxygens (including phenoxy) is 3. The molecule has 0 aliphatic carbocycles. The monoisotopic (exact) mass is 502 g/mol. The molecule has 0 saturated carbocycles. The largest absolute Gasteiger partial charge is 0.497 e. The number of hydrogen-bond donors (Lipinski definition) is 2. The zero-order valence-corrected chi connectivity index (χ0v) is 20.2. The van der Waals surface area contributed by atoms with E-state index in [1.807, 2.05) is 0 Å². The van der Waals surface area contributed by atoms with E-state index in [-0.39, 0.29) is 36.1 Å². The average molecular weight is 503 g/mol. The number of methoxy groups -OCH3 is 1. The lowest BCUT2D eigenvalue weighted by Gasteiger charge is -2.43. The van der Waals surface area contributed by atoms with Crippen molar-refractivity contribution in [3.63, 3.8) is 0 Å². The van der Waals surface area contributed by atoms with Gasteiger partial charge in [-0.3, -0.25) is 9.59 Å². The number of benzene rings is 2. The third-order valence-corrected chi connectivity index (χ3v) is 7.10. The Morgan fingerprint density at radius 2 is 1.76 bits per heavy atom. The number of piperidine rings is 1. The maximum atomic E-state index is 13.1. The third-order valence-electron chi connectivity index (χ3n) is 7.10. The molecular weight excluding hydrogens is 476 g/mol. The van der Waals surface area contributed by atoms with Gasteiger partial charge in [-0.05, 0) is 60.9 Å². The predicted molar refractivity (Wildman–Crippen MR) is 136 cm³/mol. The van der Waals surface area contributed by atoms with E-state index in [1.165, 1.54) is 6.07 Å². The molecule has 3 aliphatic rings. The molecule has 0 radical (unpaired) electrons. The fraction of sp³-hybridized carbons (Fsp3) is 0.296. The first-order valence-electron chi connectivity index (χ1n) is 12.1. The zero-order valence-electron chi connectivity index (χ0n) is 20.2. The molecule has 0 spiro atoms. The van der Waals surface area contributed by atoms with Crippen molar-refractivity contribution in [1.29, 1.82) is 0 Å². The molecular formula is C27H26N4O6. The van der Waals surface area contributed by atoms with Gasteiger partial charge >= 0.3 is 6.03 Å². The Hall–Kier alpha value is -4.47. The van der Waals surface area contributed by atoms with Gasteiger partial charge in [0, 0.05) is 48.6 Å². The van der Waals surface area contributed by atoms with Crippen LogP contribution in [0.15, 0.2) is 59.4 Å². The summed E-state index contributed by atoms with van der Waals surface area (Å²) in [6, 6.07) is 15.1. The highest BCUT2D eigenvalue weighted by molar-refractivity contribution is 6.05. The van der Waals surface area contributed by atoms with Gasteiger partial charge in [0.2, 0.25) is 6.79 Å². The fourth-order valence-corrected chi connectivity index (χ4v) is 5.40. The van der Waals surface area contributed by atoms with E-state index in [0.29, 0.717) is 53.8 Å². The second-order valence-corrected chi connectivity index (χ2v) is 9.47. The lowest BCUT2D eigenvalue weighted by molar-refractivity contribution is 0.102. The standard InChI is InChI=1S/C27H26N4O6/c1-35-20-5-3-19(4-6-20)28-27(34)30-12-16-10-18(14-30)25-21(7-9-24(32)31(25)13-16)29-26(33)17-2-8-22-23(11-17)37-15-36-22/h2-9,11,16,18H,10,12-15H2,1H3,(H,28,34)(H,29,33). The number of carbonyl (C=O) groups excluding carboxylic acids is 2. The van der Waals surface area contributed by atoms with Gasteiger partial charge in [-0.15, -0.1) is 0 Å². The molecule has 3 aromatic rings. The third kappa shape index (κ3) is 4.35. The zero-order chi connectivity index (χ0) is 25.5. The maximum Gasteiger partial charge on any atom is 0.321 e. The Morgan fingerprint density at radius 1 is 0.946 bits per heavy atom. The Labute approximate surface area is 212 Å². The van der Waals surface area contributed by atoms with Crippen LogP contribution in [0.1, 0.15) is 28.4 Å². The minimum absolute atomic E-state index is 0.0879. The molecule has 10 heteroatoms. The molecule has 1 saturated heterocycles. The van der Waals surface area contributed by atoms with Crippen LogP contribution in [-0.2, 0) is 6.54 Å². The van der Waals surface area contributed by atoms with Crippen LogP contribution in [0.5, 0.6) is 17.2 Å². The smallest absolute Gasteiger partial charge is 0.321 e. The number of rotatable bonds is 4. The number of nitrogens with one attached hydrogen (secondary N) is 2. The number of aromatic nitrogens is 1. The minimum Gasteiger partial charge on any atom is -0.497 e. The van der Waals surface area contributed by atoms with Crippen molar-refractivity contribution < 1.29 is 23.8 Å². The minimum atomic E-state index is -0.313. The molecule has 3 aliphatic heterocycles. The number of carbonyl (C=O) groups is 2. The topological polar surface area (TPSA) is 111 Å². The van der Waals surface area contributed by atoms with Crippen molar-refractivity contribution in [1.82, 2.24) is 9.47 Å². The van der Waals surface area contributed by atoms with Crippen LogP contribution < -0.4 is 30.4 Å². The Bertz CT molecular complexity index is 1430. The molecule has 2 unspecified atom stereocenters. The number of urea groups is 1. The van der Waals surface area contributed by atoms with E-state index in [4.69, 9.17) is 14.2 Å². The van der Waals surface area contributed by atoms with Crippen molar-refractivity contribution >= 4 is 23.3 Å². The van der Waals surface area contributed by atoms with Gasteiger partial charge in [0.1, 0.15) is 5.75 Å². The van der Waals surface area contributed by atoms with Gasteiger partial charge in [-0.25, -0.2) is 4.79 Å². The Kier molecular flexibility index (Phi) is 5.71. The van der Waals surface area contributed by atoms with Gasteiger partial charge in [0.15, 0.2) is 11.5 Å². The number of fused-ring (bicyclic) bond motifs is 5. The molecule has 10 nitrogen and oxygen atoms in total. The fourth-order valence-electron chi connectivity index (χ4n) is 5.40. The number of hydrogen-bond acceptors (Lipinski definition) is 6. The Balaban J connectivity index is 1.23. The summed E-state index contributed by atoms with van der Waals surface area (Å²) in [6.45, 7) is 1.61. The van der Waals surface area contributed by atoms with Crippen LogP contribution in [-0.4, -0.2) is 48.4 Å². The summed E-state index contributed by atoms with van der Waals surface area (Å²) in [5, 5.41) is 5.92. The van der Waals surface area contributed by atoms with Crippen molar-refractivity contribution in [2.45, 2.75) is 18.9 Å². The van der Waals surface area contributed by atoms with Crippen LogP contribution in [0.25, 0.3) is 0 Å². The van der Waals surface area contributed by atoms with Gasteiger partial charge < -0.3 is 34.3 Å². The van der Waals surface area contributed by atoms with E-state index in [0.717, 1.165) is 12.1 Å². The summed E-state index contributed by atoms with van der Waals surface area (Å²) in [5.74, 6) is 1.57. The van der Waals surface area contributed by atoms with Crippen molar-refractivity contribution in [2.75, 3.05) is 37.6 Å². The molecule has 2 bridgehead atoms. The normalized spacial score (nSPS) is 19.1. The van der Waals surface area contributed by atoms with Crippen LogP contribution in [0, 0.1) is 5.92 Å². The summed E-state index contributed by atoms with van der Waals surface area (Å²) < 4.78 is 17.6. The summed E-state index contributed by atoms with van der Waals surface area (Å²) in [4.78, 5) is 40.7. The van der Waals surface area contributed by atoms with Crippen molar-refractivity contribution in [3.8, 4) is 17.2 Å². The molecule has 4 heterocycles. The van der Waals surface area contributed by atoms with Gasteiger partial charge in [0.05, 0.1) is 12.8 Å². The second-order valence-electron chi connectivity index (χ2n) is 9.47. The highest BCUT2D eigenvalue weighted by Crippen LogP contribution is 2.39. The average Bonchev–Trinajstić information content (AvgIpc) is 3.38. The molecule has 3 amide bonds. The SMILES string of the molecule is COc1ccc(NC(=O)N2CC3CC(C2)c2c(NC(=O)c4ccc5c(c4)OCO5)ccc(=O)n2C3)cc1. The van der Waals surface area contributed by atoms with Crippen LogP contribution in [0.3, 0.4) is 0 Å². The van der Waals surface area contributed by atoms with Crippen LogP contribution in [0.4, 0.5) is 16.2 Å². The summed E-state index contributed by atoms with van der Waals surface area (Å²) in [7, 11) is 1.59. The molecule has 2 aromatic carbocycles. The van der Waals surface area contributed by atoms with E-state index < -0.39 is 0 Å². The molecule has 37 heavy (non-hydrogen) atoms. The van der Waals surface area contributed by atoms with E-state index in [9.17, 15) is 14.4 Å². The highest BCUT2D eigenvalue weighted by Gasteiger charge is 2.38. The van der Waals surface area contributed by atoms with Crippen LogP contribution in [0.2, 0.25) is 0 Å². The number of amides is 3. The predicted octanol–water partition coefficient (Wildman–Crippen LogP) is 3.49. The summed E-state index contributed by atoms with van der Waals surface area (Å²) >= 11 is 0. The van der Waals surface area contributed by atoms with Crippen LogP contribution >= 0.6 is 0 Å². The molecule has 190 valence electrons. The van der Waals surface area contributed by atoms with Crippen molar-refractivity contribution in [2.24, 2.45) is 5.92 Å². The molecule has 1 aromatic heterocycles. The Morgan fingerprint density at radius 3 is 2.57 bits per heavy atom. The first kappa shape index (κ1) is 23.0. The van der Waals surface area contributed by atoms with E-state index in [1.54, 1.807) is 65.1 Å². The van der Waals surface area contributed by atoms with Gasteiger partial charge in [0.25, 0.3) is 11.5 Å².